The molecule has 0 bridgehead atoms. The Bertz CT molecular complexity index is 900. The maximum Gasteiger partial charge on any atom is 0.231 e. The molecule has 150 valence electrons. The Morgan fingerprint density at radius 1 is 0.897 bits per heavy atom. The van der Waals surface area contributed by atoms with Crippen LogP contribution in [0.5, 0.6) is 11.5 Å². The van der Waals surface area contributed by atoms with Crippen LogP contribution in [-0.2, 0) is 20.8 Å². The van der Waals surface area contributed by atoms with Crippen LogP contribution in [0.2, 0.25) is 0 Å². The molecule has 1 fully saturated rings. The summed E-state index contributed by atoms with van der Waals surface area (Å²) in [4.78, 5) is 37.6. The van der Waals surface area contributed by atoms with Crippen molar-refractivity contribution < 1.29 is 23.9 Å². The minimum Gasteiger partial charge on any atom is -0.454 e. The van der Waals surface area contributed by atoms with E-state index in [0.717, 1.165) is 35.5 Å². The Labute approximate surface area is 170 Å². The van der Waals surface area contributed by atoms with E-state index >= 15 is 0 Å². The number of ether oxygens (including phenoxy) is 2. The van der Waals surface area contributed by atoms with E-state index in [1.54, 1.807) is 0 Å². The molecule has 29 heavy (non-hydrogen) atoms. The zero-order chi connectivity index (χ0) is 20.2. The molecule has 0 saturated heterocycles. The average molecular weight is 392 g/mol. The highest BCUT2D eigenvalue weighted by atomic mass is 16.7. The molecule has 0 spiro atoms. The van der Waals surface area contributed by atoms with Crippen molar-refractivity contribution in [2.75, 3.05) is 6.79 Å². The van der Waals surface area contributed by atoms with Crippen LogP contribution in [0.4, 0.5) is 0 Å². The Morgan fingerprint density at radius 3 is 2.38 bits per heavy atom. The third-order valence-corrected chi connectivity index (χ3v) is 5.71. The first kappa shape index (κ1) is 19.4. The fourth-order valence-electron chi connectivity index (χ4n) is 4.16. The van der Waals surface area contributed by atoms with E-state index < -0.39 is 5.92 Å². The van der Waals surface area contributed by atoms with Crippen LogP contribution in [-0.4, -0.2) is 24.1 Å². The molecular weight excluding hydrogens is 368 g/mol. The van der Waals surface area contributed by atoms with Crippen molar-refractivity contribution in [2.24, 2.45) is 5.92 Å². The van der Waals surface area contributed by atoms with E-state index in [9.17, 15) is 14.4 Å². The van der Waals surface area contributed by atoms with Crippen molar-refractivity contribution in [2.45, 2.75) is 44.4 Å². The number of ketones is 3. The standard InChI is InChI=1S/C24H24O5/c25-19(9-5-4-6-16-10-11-22-23(12-16)29-15-28-22)24-20(26)13-18(14-21(24)27)17-7-2-1-3-8-17/h1-3,7-8,10-12,18,24H,4-6,9,13-15H2. The van der Waals surface area contributed by atoms with Crippen LogP contribution >= 0.6 is 0 Å². The summed E-state index contributed by atoms with van der Waals surface area (Å²) in [5.74, 6) is -0.326. The zero-order valence-electron chi connectivity index (χ0n) is 16.3. The maximum absolute atomic E-state index is 12.5. The van der Waals surface area contributed by atoms with E-state index in [4.69, 9.17) is 9.47 Å². The Hall–Kier alpha value is -2.95. The van der Waals surface area contributed by atoms with Gasteiger partial charge in [-0.2, -0.15) is 0 Å². The molecule has 4 rings (SSSR count). The molecule has 2 aromatic carbocycles. The van der Waals surface area contributed by atoms with Gasteiger partial charge in [0.1, 0.15) is 5.92 Å². The molecule has 0 unspecified atom stereocenters. The highest BCUT2D eigenvalue weighted by Gasteiger charge is 2.39. The van der Waals surface area contributed by atoms with E-state index in [0.29, 0.717) is 6.42 Å². The molecule has 0 radical (unpaired) electrons. The highest BCUT2D eigenvalue weighted by molar-refractivity contribution is 6.20. The molecule has 1 saturated carbocycles. The summed E-state index contributed by atoms with van der Waals surface area (Å²) in [6.07, 6.45) is 3.08. The van der Waals surface area contributed by atoms with Gasteiger partial charge in [-0.1, -0.05) is 36.4 Å². The number of benzene rings is 2. The van der Waals surface area contributed by atoms with Gasteiger partial charge in [0.15, 0.2) is 28.8 Å². The summed E-state index contributed by atoms with van der Waals surface area (Å²) in [5.41, 5.74) is 2.11. The third kappa shape index (κ3) is 4.39. The summed E-state index contributed by atoms with van der Waals surface area (Å²) < 4.78 is 10.7. The monoisotopic (exact) mass is 392 g/mol. The molecule has 1 heterocycles. The molecule has 2 aromatic rings. The van der Waals surface area contributed by atoms with Gasteiger partial charge in [-0.3, -0.25) is 14.4 Å². The lowest BCUT2D eigenvalue weighted by molar-refractivity contribution is -0.142. The normalized spacial score (nSPS) is 20.7. The smallest absolute Gasteiger partial charge is 0.231 e. The van der Waals surface area contributed by atoms with Gasteiger partial charge in [0.25, 0.3) is 0 Å². The fourth-order valence-corrected chi connectivity index (χ4v) is 4.16. The summed E-state index contributed by atoms with van der Waals surface area (Å²) in [6.45, 7) is 0.252. The number of hydrogen-bond acceptors (Lipinski definition) is 5. The van der Waals surface area contributed by atoms with E-state index in [2.05, 4.69) is 0 Å². The summed E-state index contributed by atoms with van der Waals surface area (Å²) in [5, 5.41) is 0. The van der Waals surface area contributed by atoms with Crippen molar-refractivity contribution in [3.8, 4) is 11.5 Å². The van der Waals surface area contributed by atoms with Crippen LogP contribution in [0.15, 0.2) is 48.5 Å². The van der Waals surface area contributed by atoms with E-state index in [-0.39, 0.29) is 49.3 Å². The average Bonchev–Trinajstić information content (AvgIpc) is 3.19. The third-order valence-electron chi connectivity index (χ3n) is 5.71. The van der Waals surface area contributed by atoms with Crippen LogP contribution in [0.3, 0.4) is 0 Å². The molecule has 0 atom stereocenters. The van der Waals surface area contributed by atoms with Gasteiger partial charge in [0.2, 0.25) is 6.79 Å². The van der Waals surface area contributed by atoms with Crippen LogP contribution in [0.25, 0.3) is 0 Å². The van der Waals surface area contributed by atoms with Gasteiger partial charge in [0.05, 0.1) is 0 Å². The fraction of sp³-hybridized carbons (Fsp3) is 0.375. The highest BCUT2D eigenvalue weighted by Crippen LogP contribution is 2.34. The molecule has 0 amide bonds. The lowest BCUT2D eigenvalue weighted by Crippen LogP contribution is -2.38. The number of aryl methyl sites for hydroxylation is 1. The second-order valence-corrected chi connectivity index (χ2v) is 7.74. The SMILES string of the molecule is O=C(CCCCc1ccc2c(c1)OCO2)C1C(=O)CC(c2ccccc2)CC1=O. The van der Waals surface area contributed by atoms with E-state index in [1.807, 2.05) is 48.5 Å². The molecule has 1 aliphatic heterocycles. The van der Waals surface area contributed by atoms with Crippen molar-refractivity contribution in [1.82, 2.24) is 0 Å². The van der Waals surface area contributed by atoms with Crippen molar-refractivity contribution in [3.05, 3.63) is 59.7 Å². The zero-order valence-corrected chi connectivity index (χ0v) is 16.3. The van der Waals surface area contributed by atoms with Crippen molar-refractivity contribution in [1.29, 1.82) is 0 Å². The Morgan fingerprint density at radius 2 is 1.62 bits per heavy atom. The lowest BCUT2D eigenvalue weighted by Gasteiger charge is -2.25. The molecule has 0 aromatic heterocycles. The Kier molecular flexibility index (Phi) is 5.74. The molecule has 5 nitrogen and oxygen atoms in total. The Balaban J connectivity index is 1.26. The number of carbonyl (C=O) groups excluding carboxylic acids is 3. The van der Waals surface area contributed by atoms with Gasteiger partial charge in [0, 0.05) is 19.3 Å². The second-order valence-electron chi connectivity index (χ2n) is 7.74. The van der Waals surface area contributed by atoms with Gasteiger partial charge >= 0.3 is 0 Å². The number of rotatable bonds is 7. The largest absolute Gasteiger partial charge is 0.454 e. The van der Waals surface area contributed by atoms with Gasteiger partial charge in [-0.05, 0) is 48.4 Å². The molecule has 2 aliphatic rings. The second kappa shape index (κ2) is 8.60. The topological polar surface area (TPSA) is 69.7 Å². The molecule has 1 aliphatic carbocycles. The van der Waals surface area contributed by atoms with Crippen LogP contribution in [0.1, 0.15) is 49.1 Å². The van der Waals surface area contributed by atoms with E-state index in [1.165, 1.54) is 0 Å². The van der Waals surface area contributed by atoms with Crippen LogP contribution in [0, 0.1) is 5.92 Å². The van der Waals surface area contributed by atoms with Crippen LogP contribution < -0.4 is 9.47 Å². The number of fused-ring (bicyclic) bond motifs is 1. The molecule has 5 heteroatoms. The maximum atomic E-state index is 12.5. The lowest BCUT2D eigenvalue weighted by atomic mass is 9.75. The predicted octanol–water partition coefficient (Wildman–Crippen LogP) is 4.03. The predicted molar refractivity (Wildman–Crippen MR) is 107 cm³/mol. The number of unbranched alkanes of at least 4 members (excludes halogenated alkanes) is 1. The number of carbonyl (C=O) groups is 3. The molecular formula is C24H24O5. The van der Waals surface area contributed by atoms with Gasteiger partial charge in [-0.25, -0.2) is 0 Å². The first-order chi connectivity index (χ1) is 14.1. The minimum absolute atomic E-state index is 0.105. The van der Waals surface area contributed by atoms with Gasteiger partial charge < -0.3 is 9.47 Å². The number of hydrogen-bond donors (Lipinski definition) is 0. The summed E-state index contributed by atoms with van der Waals surface area (Å²) in [6, 6.07) is 15.4. The summed E-state index contributed by atoms with van der Waals surface area (Å²) in [7, 11) is 0. The first-order valence-electron chi connectivity index (χ1n) is 10.1. The molecule has 0 N–H and O–H groups in total. The quantitative estimate of drug-likeness (QED) is 0.526. The minimum atomic E-state index is -1.06. The van der Waals surface area contributed by atoms with Gasteiger partial charge in [-0.15, -0.1) is 0 Å². The summed E-state index contributed by atoms with van der Waals surface area (Å²) >= 11 is 0. The first-order valence-corrected chi connectivity index (χ1v) is 10.1. The van der Waals surface area contributed by atoms with Crippen molar-refractivity contribution >= 4 is 17.3 Å². The van der Waals surface area contributed by atoms with Crippen molar-refractivity contribution in [3.63, 3.8) is 0 Å². The number of Topliss-reactive ketones (excluding diaryl/α,β-unsaturated/α-hetero) is 3.